The van der Waals surface area contributed by atoms with E-state index in [1.54, 1.807) is 0 Å². The Kier molecular flexibility index (Phi) is 6.40. The molecular formula is C23H23N3O2S. The smallest absolute Gasteiger partial charge is 0.265 e. The van der Waals surface area contributed by atoms with Crippen LogP contribution in [0.15, 0.2) is 65.2 Å². The number of nitrogens with zero attached hydrogens (tertiary/aromatic N) is 2. The maximum Gasteiger partial charge on any atom is 0.265 e. The lowest BCUT2D eigenvalue weighted by Gasteiger charge is -2.20. The molecule has 1 unspecified atom stereocenters. The highest BCUT2D eigenvalue weighted by molar-refractivity contribution is 8.04. The maximum absolute atomic E-state index is 12.8. The number of hydrogen-bond acceptors (Lipinski definition) is 4. The summed E-state index contributed by atoms with van der Waals surface area (Å²) in [7, 11) is 0. The molecule has 29 heavy (non-hydrogen) atoms. The molecule has 0 aromatic heterocycles. The molecule has 6 heteroatoms. The number of benzene rings is 2. The van der Waals surface area contributed by atoms with Crippen LogP contribution in [-0.4, -0.2) is 17.6 Å². The van der Waals surface area contributed by atoms with Crippen molar-refractivity contribution in [3.8, 4) is 6.07 Å². The van der Waals surface area contributed by atoms with Crippen LogP contribution >= 0.6 is 11.8 Å². The second kappa shape index (κ2) is 8.97. The summed E-state index contributed by atoms with van der Waals surface area (Å²) in [5, 5.41) is 12.9. The van der Waals surface area contributed by atoms with Crippen molar-refractivity contribution in [3.63, 3.8) is 0 Å². The van der Waals surface area contributed by atoms with Gasteiger partial charge in [-0.3, -0.25) is 14.5 Å². The van der Waals surface area contributed by atoms with Crippen molar-refractivity contribution < 1.29 is 9.59 Å². The third kappa shape index (κ3) is 4.52. The van der Waals surface area contributed by atoms with Gasteiger partial charge in [-0.2, -0.15) is 5.26 Å². The molecule has 0 spiro atoms. The molecule has 0 saturated carbocycles. The third-order valence-electron chi connectivity index (χ3n) is 4.80. The van der Waals surface area contributed by atoms with Gasteiger partial charge in [-0.25, -0.2) is 0 Å². The zero-order valence-corrected chi connectivity index (χ0v) is 17.5. The highest BCUT2D eigenvalue weighted by Crippen LogP contribution is 2.36. The standard InChI is InChI=1S/C23H23N3O2S/c1-15(2)17-9-11-19(12-10-17)26-21(27)14-29-23(26)20(13-24)22(28)25-16(3)18-7-5-4-6-8-18/h4-12,15-16H,14H2,1-3H3,(H,25,28)/b23-20-. The number of nitrogens with one attached hydrogen (secondary N) is 1. The van der Waals surface area contributed by atoms with Crippen LogP contribution in [0.3, 0.4) is 0 Å². The minimum absolute atomic E-state index is 0.0448. The summed E-state index contributed by atoms with van der Waals surface area (Å²) >= 11 is 1.22. The summed E-state index contributed by atoms with van der Waals surface area (Å²) in [6.07, 6.45) is 0. The molecule has 1 saturated heterocycles. The fraction of sp³-hybridized carbons (Fsp3) is 0.261. The second-order valence-corrected chi connectivity index (χ2v) is 8.13. The molecule has 1 heterocycles. The van der Waals surface area contributed by atoms with Gasteiger partial charge in [-0.1, -0.05) is 68.1 Å². The lowest BCUT2D eigenvalue weighted by molar-refractivity contribution is -0.117. The number of carbonyl (C=O) groups excluding carboxylic acids is 2. The minimum atomic E-state index is -0.482. The summed E-state index contributed by atoms with van der Waals surface area (Å²) in [5.41, 5.74) is 2.72. The summed E-state index contributed by atoms with van der Waals surface area (Å²) in [5.74, 6) is -0.0417. The normalized spacial score (nSPS) is 16.5. The first kappa shape index (κ1) is 20.7. The molecule has 2 aromatic carbocycles. The maximum atomic E-state index is 12.8. The Labute approximate surface area is 175 Å². The number of amides is 2. The average Bonchev–Trinajstić information content (AvgIpc) is 3.10. The number of hydrogen-bond donors (Lipinski definition) is 1. The van der Waals surface area contributed by atoms with Crippen molar-refractivity contribution in [3.05, 3.63) is 76.3 Å². The zero-order chi connectivity index (χ0) is 21.0. The molecule has 1 aliphatic heterocycles. The van der Waals surface area contributed by atoms with Crippen molar-refractivity contribution in [2.24, 2.45) is 0 Å². The fourth-order valence-electron chi connectivity index (χ4n) is 3.12. The van der Waals surface area contributed by atoms with Gasteiger partial charge < -0.3 is 5.32 Å². The van der Waals surface area contributed by atoms with Crippen LogP contribution in [0.4, 0.5) is 5.69 Å². The van der Waals surface area contributed by atoms with Crippen LogP contribution in [0.1, 0.15) is 43.9 Å². The summed E-state index contributed by atoms with van der Waals surface area (Å²) in [6, 6.07) is 18.9. The molecule has 5 nitrogen and oxygen atoms in total. The van der Waals surface area contributed by atoms with Crippen LogP contribution in [-0.2, 0) is 9.59 Å². The first-order chi connectivity index (χ1) is 13.9. The Morgan fingerprint density at radius 3 is 2.31 bits per heavy atom. The molecule has 3 rings (SSSR count). The van der Waals surface area contributed by atoms with Crippen LogP contribution in [0.2, 0.25) is 0 Å². The minimum Gasteiger partial charge on any atom is -0.345 e. The molecule has 2 amide bonds. The van der Waals surface area contributed by atoms with Crippen molar-refractivity contribution in [1.29, 1.82) is 5.26 Å². The molecule has 1 N–H and O–H groups in total. The molecule has 1 aliphatic rings. The highest BCUT2D eigenvalue weighted by Gasteiger charge is 2.33. The van der Waals surface area contributed by atoms with Crippen LogP contribution < -0.4 is 10.2 Å². The van der Waals surface area contributed by atoms with Gasteiger partial charge in [-0.15, -0.1) is 0 Å². The highest BCUT2D eigenvalue weighted by atomic mass is 32.2. The first-order valence-corrected chi connectivity index (χ1v) is 10.5. The molecule has 1 atom stereocenters. The van der Waals surface area contributed by atoms with Gasteiger partial charge in [0.1, 0.15) is 16.7 Å². The van der Waals surface area contributed by atoms with Crippen molar-refractivity contribution >= 4 is 29.3 Å². The molecule has 148 valence electrons. The monoisotopic (exact) mass is 405 g/mol. The molecule has 0 bridgehead atoms. The summed E-state index contributed by atoms with van der Waals surface area (Å²) < 4.78 is 0. The Morgan fingerprint density at radius 1 is 1.07 bits per heavy atom. The SMILES string of the molecule is CC(C)c1ccc(N2C(=O)CS/C2=C(/C#N)C(=O)NC(C)c2ccccc2)cc1. The van der Waals surface area contributed by atoms with E-state index in [0.717, 1.165) is 11.1 Å². The largest absolute Gasteiger partial charge is 0.345 e. The molecule has 0 radical (unpaired) electrons. The quantitative estimate of drug-likeness (QED) is 0.587. The fourth-order valence-corrected chi connectivity index (χ4v) is 4.12. The summed E-state index contributed by atoms with van der Waals surface area (Å²) in [6.45, 7) is 6.06. The van der Waals surface area contributed by atoms with Gasteiger partial charge in [0.25, 0.3) is 5.91 Å². The topological polar surface area (TPSA) is 73.2 Å². The van der Waals surface area contributed by atoms with Gasteiger partial charge in [0.05, 0.1) is 11.8 Å². The van der Waals surface area contributed by atoms with Gasteiger partial charge >= 0.3 is 0 Å². The Morgan fingerprint density at radius 2 is 1.72 bits per heavy atom. The summed E-state index contributed by atoms with van der Waals surface area (Å²) in [4.78, 5) is 26.8. The van der Waals surface area contributed by atoms with E-state index in [9.17, 15) is 14.9 Å². The van der Waals surface area contributed by atoms with Crippen LogP contribution in [0, 0.1) is 11.3 Å². The number of nitriles is 1. The third-order valence-corrected chi connectivity index (χ3v) is 5.85. The van der Waals surface area contributed by atoms with E-state index in [2.05, 4.69) is 19.2 Å². The lowest BCUT2D eigenvalue weighted by atomic mass is 10.0. The van der Waals surface area contributed by atoms with E-state index in [-0.39, 0.29) is 23.3 Å². The van der Waals surface area contributed by atoms with Gasteiger partial charge in [0, 0.05) is 5.69 Å². The number of thioether (sulfide) groups is 1. The average molecular weight is 406 g/mol. The van der Waals surface area contributed by atoms with Gasteiger partial charge in [0.15, 0.2) is 0 Å². The number of carbonyl (C=O) groups is 2. The Hall–Kier alpha value is -3.04. The zero-order valence-electron chi connectivity index (χ0n) is 16.7. The molecule has 0 aliphatic carbocycles. The van der Waals surface area contributed by atoms with E-state index in [1.165, 1.54) is 16.7 Å². The lowest BCUT2D eigenvalue weighted by Crippen LogP contribution is -2.31. The van der Waals surface area contributed by atoms with E-state index in [4.69, 9.17) is 0 Å². The van der Waals surface area contributed by atoms with Crippen molar-refractivity contribution in [2.45, 2.75) is 32.7 Å². The molecule has 1 fully saturated rings. The van der Waals surface area contributed by atoms with E-state index >= 15 is 0 Å². The van der Waals surface area contributed by atoms with Crippen molar-refractivity contribution in [2.75, 3.05) is 10.7 Å². The Balaban J connectivity index is 1.89. The van der Waals surface area contributed by atoms with Crippen molar-refractivity contribution in [1.82, 2.24) is 5.32 Å². The molecular weight excluding hydrogens is 382 g/mol. The Bertz CT molecular complexity index is 975. The van der Waals surface area contributed by atoms with E-state index < -0.39 is 5.91 Å². The number of anilines is 1. The number of rotatable bonds is 5. The predicted octanol–water partition coefficient (Wildman–Crippen LogP) is 4.50. The first-order valence-electron chi connectivity index (χ1n) is 9.48. The predicted molar refractivity (Wildman–Crippen MR) is 116 cm³/mol. The van der Waals surface area contributed by atoms with E-state index in [1.807, 2.05) is 67.6 Å². The van der Waals surface area contributed by atoms with Gasteiger partial charge in [-0.05, 0) is 36.1 Å². The second-order valence-electron chi connectivity index (χ2n) is 7.16. The van der Waals surface area contributed by atoms with Crippen LogP contribution in [0.5, 0.6) is 0 Å². The van der Waals surface area contributed by atoms with E-state index in [0.29, 0.717) is 16.6 Å². The van der Waals surface area contributed by atoms with Crippen LogP contribution in [0.25, 0.3) is 0 Å². The van der Waals surface area contributed by atoms with Gasteiger partial charge in [0.2, 0.25) is 5.91 Å². The molecule has 2 aromatic rings.